The molecule has 76 heavy (non-hydrogen) atoms. The zero-order valence-corrected chi connectivity index (χ0v) is 42.3. The molecule has 0 aromatic heterocycles. The highest BCUT2D eigenvalue weighted by atomic mass is 14.4. The van der Waals surface area contributed by atoms with Crippen LogP contribution in [0.5, 0.6) is 0 Å². The predicted octanol–water partition coefficient (Wildman–Crippen LogP) is 18.5. The van der Waals surface area contributed by atoms with Crippen LogP contribution in [0.1, 0.15) is 24.0 Å². The van der Waals surface area contributed by atoms with Crippen LogP contribution >= 0.6 is 0 Å². The Hall–Kier alpha value is -9.36. The lowest BCUT2D eigenvalue weighted by Gasteiger charge is -2.35. The topological polar surface area (TPSA) is 0 Å². The third-order valence-electron chi connectivity index (χ3n) is 16.2. The van der Waals surface area contributed by atoms with Crippen molar-refractivity contribution in [1.82, 2.24) is 0 Å². The standard InChI is InChI=1S/C76H54/c1-5-21-51(22-6-1)59-45-60(52-23-7-2-8-24-52)48-63(47-59)55-37-41-57(42-38-55)73-65-29-13-17-33-69(65)75(70-34-18-14-30-66(70)73)76-71-35-19-15-31-67(71)74(68-32-16-20-36-72(68)76)58-43-39-56(40-44-58)64-49-61(53-25-9-3-10-26-53)46-62(50-64)54-27-11-4-12-28-54/h1-39,41-43,45-50,67,71H,40,44H2/t67?,71-/m0/s1. The molecule has 0 N–H and O–H groups in total. The maximum atomic E-state index is 2.48. The Kier molecular flexibility index (Phi) is 11.6. The van der Waals surface area contributed by atoms with E-state index in [1.165, 1.54) is 132 Å². The van der Waals surface area contributed by atoms with Crippen LogP contribution in [0.4, 0.5) is 0 Å². The lowest BCUT2D eigenvalue weighted by atomic mass is 9.67. The smallest absolute Gasteiger partial charge is 0.0138 e. The highest BCUT2D eigenvalue weighted by Crippen LogP contribution is 2.49. The van der Waals surface area contributed by atoms with Gasteiger partial charge in [0.15, 0.2) is 0 Å². The molecule has 0 amide bonds. The van der Waals surface area contributed by atoms with Crippen molar-refractivity contribution < 1.29 is 0 Å². The van der Waals surface area contributed by atoms with Gasteiger partial charge in [-0.3, -0.25) is 0 Å². The zero-order valence-electron chi connectivity index (χ0n) is 42.3. The van der Waals surface area contributed by atoms with Gasteiger partial charge in [-0.25, -0.2) is 0 Å². The van der Waals surface area contributed by atoms with E-state index in [0.29, 0.717) is 0 Å². The highest BCUT2D eigenvalue weighted by Gasteiger charge is 2.34. The van der Waals surface area contributed by atoms with E-state index in [0.717, 1.165) is 12.8 Å². The molecule has 0 nitrogen and oxygen atoms in total. The van der Waals surface area contributed by atoms with Crippen LogP contribution < -0.4 is 10.4 Å². The average molecular weight is 967 g/mol. The molecule has 0 spiro atoms. The van der Waals surface area contributed by atoms with Gasteiger partial charge >= 0.3 is 0 Å². The van der Waals surface area contributed by atoms with Crippen molar-refractivity contribution in [3.8, 4) is 66.8 Å². The Bertz CT molecular complexity index is 4110. The molecule has 0 aliphatic heterocycles. The number of rotatable bonds is 9. The van der Waals surface area contributed by atoms with Crippen molar-refractivity contribution in [3.63, 3.8) is 0 Å². The summed E-state index contributed by atoms with van der Waals surface area (Å²) in [5.74, 6) is 0.344. The Morgan fingerprint density at radius 1 is 0.237 bits per heavy atom. The summed E-state index contributed by atoms with van der Waals surface area (Å²) in [5, 5.41) is 7.79. The minimum Gasteiger partial charge on any atom is -0.0761 e. The van der Waals surface area contributed by atoms with Gasteiger partial charge in [0, 0.05) is 11.8 Å². The molecule has 0 fully saturated rings. The number of hydrogen-bond donors (Lipinski definition) is 0. The van der Waals surface area contributed by atoms with Gasteiger partial charge in [-0.1, -0.05) is 255 Å². The largest absolute Gasteiger partial charge is 0.0761 e. The normalized spacial score (nSPS) is 15.8. The van der Waals surface area contributed by atoms with Gasteiger partial charge in [-0.2, -0.15) is 0 Å². The summed E-state index contributed by atoms with van der Waals surface area (Å²) in [7, 11) is 0. The van der Waals surface area contributed by atoms with Crippen LogP contribution in [-0.2, 0) is 0 Å². The first-order chi connectivity index (χ1) is 37.7. The molecule has 2 atom stereocenters. The van der Waals surface area contributed by atoms with Crippen LogP contribution in [0.3, 0.4) is 0 Å². The molecule has 0 bridgehead atoms. The van der Waals surface area contributed by atoms with E-state index in [1.807, 2.05) is 0 Å². The molecule has 3 aliphatic rings. The van der Waals surface area contributed by atoms with Crippen LogP contribution in [0.2, 0.25) is 0 Å². The Morgan fingerprint density at radius 3 is 0.974 bits per heavy atom. The first-order valence-electron chi connectivity index (χ1n) is 26.9. The fourth-order valence-electron chi connectivity index (χ4n) is 12.6. The van der Waals surface area contributed by atoms with Gasteiger partial charge in [0.25, 0.3) is 0 Å². The summed E-state index contributed by atoms with van der Waals surface area (Å²) in [6.45, 7) is 0. The van der Waals surface area contributed by atoms with E-state index in [9.17, 15) is 0 Å². The van der Waals surface area contributed by atoms with Crippen molar-refractivity contribution in [2.45, 2.75) is 12.8 Å². The van der Waals surface area contributed by atoms with Gasteiger partial charge in [0.2, 0.25) is 0 Å². The van der Waals surface area contributed by atoms with Gasteiger partial charge in [-0.15, -0.1) is 0 Å². The average Bonchev–Trinajstić information content (AvgIpc) is 3.54. The number of benzene rings is 11. The maximum absolute atomic E-state index is 2.48. The molecule has 0 radical (unpaired) electrons. The second-order valence-corrected chi connectivity index (χ2v) is 20.6. The summed E-state index contributed by atoms with van der Waals surface area (Å²) in [4.78, 5) is 0. The summed E-state index contributed by atoms with van der Waals surface area (Å²) in [6, 6.07) is 94.2. The van der Waals surface area contributed by atoms with E-state index in [2.05, 4.69) is 291 Å². The van der Waals surface area contributed by atoms with E-state index in [1.54, 1.807) is 0 Å². The minimum atomic E-state index is 0.154. The van der Waals surface area contributed by atoms with E-state index < -0.39 is 0 Å². The molecule has 11 aromatic rings. The first-order valence-corrected chi connectivity index (χ1v) is 26.9. The lowest BCUT2D eigenvalue weighted by molar-refractivity contribution is 0.681. The molecule has 11 aromatic carbocycles. The van der Waals surface area contributed by atoms with Crippen molar-refractivity contribution in [3.05, 3.63) is 318 Å². The van der Waals surface area contributed by atoms with Crippen LogP contribution in [-0.4, -0.2) is 0 Å². The predicted molar refractivity (Wildman–Crippen MR) is 323 cm³/mol. The van der Waals surface area contributed by atoms with E-state index >= 15 is 0 Å². The monoisotopic (exact) mass is 966 g/mol. The van der Waals surface area contributed by atoms with Crippen LogP contribution in [0.25, 0.3) is 105 Å². The van der Waals surface area contributed by atoms with Crippen molar-refractivity contribution in [1.29, 1.82) is 0 Å². The number of allylic oxidation sites excluding steroid dienone is 8. The van der Waals surface area contributed by atoms with Crippen molar-refractivity contribution >= 4 is 38.3 Å². The fraction of sp³-hybridized carbons (Fsp3) is 0.0526. The van der Waals surface area contributed by atoms with Crippen LogP contribution in [0, 0.1) is 11.8 Å². The molecule has 3 aliphatic carbocycles. The molecule has 14 rings (SSSR count). The fourth-order valence-corrected chi connectivity index (χ4v) is 12.6. The van der Waals surface area contributed by atoms with Crippen molar-refractivity contribution in [2.75, 3.05) is 0 Å². The first kappa shape index (κ1) is 45.3. The summed E-state index contributed by atoms with van der Waals surface area (Å²) >= 11 is 0. The summed E-state index contributed by atoms with van der Waals surface area (Å²) in [5.41, 5.74) is 23.0. The summed E-state index contributed by atoms with van der Waals surface area (Å²) < 4.78 is 0. The quantitative estimate of drug-likeness (QED) is 0.126. The molecular formula is C76H54. The number of fused-ring (bicyclic) bond motifs is 4. The third kappa shape index (κ3) is 8.20. The highest BCUT2D eigenvalue weighted by molar-refractivity contribution is 6.19. The van der Waals surface area contributed by atoms with E-state index in [4.69, 9.17) is 0 Å². The molecule has 0 saturated heterocycles. The summed E-state index contributed by atoms with van der Waals surface area (Å²) in [6.07, 6.45) is 16.3. The molecular weight excluding hydrogens is 913 g/mol. The SMILES string of the molecule is C1=CC2C(C3=CC=C(c4cc(-c5ccccc5)cc(-c5ccccc5)c4)CC3)=c3ccccc3=C(c3c4ccccc4c(-c4ccc(-c5cc(-c6ccccc6)cc(-c6ccccc6)c5)cc4)c4ccccc34)[C@H]2C=C1. The second-order valence-electron chi connectivity index (χ2n) is 20.6. The van der Waals surface area contributed by atoms with Gasteiger partial charge in [0.05, 0.1) is 0 Å². The molecule has 0 heterocycles. The lowest BCUT2D eigenvalue weighted by Crippen LogP contribution is -2.40. The Labute approximate surface area is 445 Å². The van der Waals surface area contributed by atoms with Gasteiger partial charge in [-0.05, 0) is 181 Å². The van der Waals surface area contributed by atoms with Gasteiger partial charge < -0.3 is 0 Å². The molecule has 358 valence electrons. The Morgan fingerprint density at radius 2 is 0.553 bits per heavy atom. The second kappa shape index (κ2) is 19.5. The maximum Gasteiger partial charge on any atom is 0.0138 e. The Balaban J connectivity index is 0.906. The molecule has 0 heteroatoms. The van der Waals surface area contributed by atoms with Crippen LogP contribution in [0.15, 0.2) is 297 Å². The van der Waals surface area contributed by atoms with Gasteiger partial charge in [0.1, 0.15) is 0 Å². The van der Waals surface area contributed by atoms with Crippen molar-refractivity contribution in [2.24, 2.45) is 11.8 Å². The number of hydrogen-bond acceptors (Lipinski definition) is 0. The third-order valence-corrected chi connectivity index (χ3v) is 16.2. The molecule has 0 saturated carbocycles. The zero-order chi connectivity index (χ0) is 50.4. The molecule has 1 unspecified atom stereocenters. The van der Waals surface area contributed by atoms with E-state index in [-0.39, 0.29) is 11.8 Å². The minimum absolute atomic E-state index is 0.154.